The minimum Gasteiger partial charge on any atom is -0.464 e. The van der Waals surface area contributed by atoms with Crippen LogP contribution in [-0.2, 0) is 16.1 Å². The van der Waals surface area contributed by atoms with E-state index in [0.29, 0.717) is 11.5 Å². The Morgan fingerprint density at radius 2 is 2.11 bits per heavy atom. The van der Waals surface area contributed by atoms with Crippen LogP contribution in [0.2, 0.25) is 10.0 Å². The number of furan rings is 1. The Bertz CT molecular complexity index is 1030. The fourth-order valence-corrected chi connectivity index (χ4v) is 2.99. The van der Waals surface area contributed by atoms with Gasteiger partial charge in [0.1, 0.15) is 22.6 Å². The molecule has 0 radical (unpaired) electrons. The van der Waals surface area contributed by atoms with E-state index in [1.165, 1.54) is 6.20 Å². The van der Waals surface area contributed by atoms with Gasteiger partial charge in [-0.2, -0.15) is 5.10 Å². The van der Waals surface area contributed by atoms with Gasteiger partial charge < -0.3 is 19.8 Å². The van der Waals surface area contributed by atoms with Crippen molar-refractivity contribution in [1.29, 1.82) is 0 Å². The summed E-state index contributed by atoms with van der Waals surface area (Å²) in [6, 6.07) is 1.88. The van der Waals surface area contributed by atoms with Crippen LogP contribution in [0.25, 0.3) is 0 Å². The number of hydrogen-bond acceptors (Lipinski definition) is 6. The maximum atomic E-state index is 12.6. The van der Waals surface area contributed by atoms with Gasteiger partial charge in [0.25, 0.3) is 5.56 Å². The summed E-state index contributed by atoms with van der Waals surface area (Å²) in [5.41, 5.74) is -0.437. The molecule has 28 heavy (non-hydrogen) atoms. The van der Waals surface area contributed by atoms with Gasteiger partial charge in [-0.15, -0.1) is 0 Å². The number of carbonyl (C=O) groups excluding carboxylic acids is 2. The zero-order valence-corrected chi connectivity index (χ0v) is 16.4. The van der Waals surface area contributed by atoms with Crippen LogP contribution < -0.4 is 16.2 Å². The molecule has 148 valence electrons. The predicted molar refractivity (Wildman–Crippen MR) is 100 cm³/mol. The van der Waals surface area contributed by atoms with Crippen LogP contribution in [0.1, 0.15) is 24.5 Å². The Morgan fingerprint density at radius 3 is 2.75 bits per heavy atom. The summed E-state index contributed by atoms with van der Waals surface area (Å²) in [5.74, 6) is 0.286. The molecule has 9 nitrogen and oxygen atoms in total. The van der Waals surface area contributed by atoms with E-state index in [9.17, 15) is 14.4 Å². The molecule has 0 bridgehead atoms. The number of nitrogens with zero attached hydrogens (tertiary/aromatic N) is 2. The van der Waals surface area contributed by atoms with Crippen molar-refractivity contribution in [1.82, 2.24) is 20.4 Å². The zero-order valence-electron chi connectivity index (χ0n) is 14.9. The van der Waals surface area contributed by atoms with Crippen LogP contribution in [0, 0.1) is 6.92 Å². The predicted octanol–water partition coefficient (Wildman–Crippen LogP) is 2.32. The van der Waals surface area contributed by atoms with Crippen molar-refractivity contribution in [3.05, 3.63) is 61.5 Å². The van der Waals surface area contributed by atoms with Crippen LogP contribution in [0.15, 0.2) is 38.8 Å². The summed E-state index contributed by atoms with van der Waals surface area (Å²) in [6.07, 6.45) is 1.20. The van der Waals surface area contributed by atoms with Crippen molar-refractivity contribution in [2.45, 2.75) is 26.4 Å². The highest BCUT2D eigenvalue weighted by molar-refractivity contribution is 6.41. The Kier molecular flexibility index (Phi) is 5.76. The normalized spacial score (nSPS) is 16.6. The van der Waals surface area contributed by atoms with Crippen LogP contribution in [0.3, 0.4) is 0 Å². The Morgan fingerprint density at radius 1 is 1.36 bits per heavy atom. The van der Waals surface area contributed by atoms with E-state index in [1.54, 1.807) is 26.0 Å². The lowest BCUT2D eigenvalue weighted by Gasteiger charge is -2.28. The largest absolute Gasteiger partial charge is 0.464 e. The number of rotatable bonds is 5. The molecular formula is C17H16Cl2N4O5. The molecule has 0 saturated carbocycles. The topological polar surface area (TPSA) is 115 Å². The third-order valence-corrected chi connectivity index (χ3v) is 4.69. The highest BCUT2D eigenvalue weighted by Gasteiger charge is 2.35. The summed E-state index contributed by atoms with van der Waals surface area (Å²) < 4.78 is 11.7. The standard InChI is InChI=1S/C17H16Cl2N4O5/c1-3-27-16(25)12-10(7-23-15(24)13(19)9(18)6-20-23)21-17(26)22-14(12)11-5-4-8(2)28-11/h4-6,14H,3,7H2,1-2H3,(H2,21,22,26)/t14-/m1/s1. The van der Waals surface area contributed by atoms with E-state index in [2.05, 4.69) is 15.7 Å². The number of urea groups is 1. The number of carbonyl (C=O) groups is 2. The molecule has 0 unspecified atom stereocenters. The van der Waals surface area contributed by atoms with Crippen molar-refractivity contribution < 1.29 is 18.7 Å². The number of nitrogens with one attached hydrogen (secondary N) is 2. The number of aromatic nitrogens is 2. The van der Waals surface area contributed by atoms with Crippen molar-refractivity contribution in [2.75, 3.05) is 6.61 Å². The molecule has 0 aromatic carbocycles. The third kappa shape index (κ3) is 3.90. The van der Waals surface area contributed by atoms with Crippen molar-refractivity contribution in [3.63, 3.8) is 0 Å². The average molecular weight is 427 g/mol. The first-order valence-corrected chi connectivity index (χ1v) is 9.02. The minimum atomic E-state index is -0.894. The highest BCUT2D eigenvalue weighted by Crippen LogP contribution is 2.29. The molecule has 1 aliphatic rings. The molecule has 2 N–H and O–H groups in total. The van der Waals surface area contributed by atoms with Gasteiger partial charge in [-0.3, -0.25) is 4.79 Å². The van der Waals surface area contributed by atoms with E-state index in [4.69, 9.17) is 32.4 Å². The molecule has 0 fully saturated rings. The second-order valence-corrected chi connectivity index (χ2v) is 6.65. The van der Waals surface area contributed by atoms with Crippen molar-refractivity contribution >= 4 is 35.2 Å². The van der Waals surface area contributed by atoms with Crippen molar-refractivity contribution in [2.24, 2.45) is 0 Å². The van der Waals surface area contributed by atoms with E-state index in [1.807, 2.05) is 0 Å². The number of amides is 2. The van der Waals surface area contributed by atoms with E-state index in [0.717, 1.165) is 4.68 Å². The lowest BCUT2D eigenvalue weighted by molar-refractivity contribution is -0.139. The average Bonchev–Trinajstić information content (AvgIpc) is 3.08. The van der Waals surface area contributed by atoms with Crippen LogP contribution in [0.5, 0.6) is 0 Å². The monoisotopic (exact) mass is 426 g/mol. The Hall–Kier alpha value is -2.78. The van der Waals surface area contributed by atoms with Gasteiger partial charge >= 0.3 is 12.0 Å². The lowest BCUT2D eigenvalue weighted by Crippen LogP contribution is -2.47. The molecule has 0 saturated heterocycles. The number of allylic oxidation sites excluding steroid dienone is 1. The van der Waals surface area contributed by atoms with Crippen molar-refractivity contribution in [3.8, 4) is 0 Å². The van der Waals surface area contributed by atoms with Gasteiger partial charge in [-0.1, -0.05) is 23.2 Å². The molecule has 2 aromatic heterocycles. The molecule has 3 heterocycles. The van der Waals surface area contributed by atoms with Gasteiger partial charge in [0.15, 0.2) is 0 Å². The minimum absolute atomic E-state index is 0.000737. The van der Waals surface area contributed by atoms with Gasteiger partial charge in [-0.25, -0.2) is 14.3 Å². The molecule has 0 spiro atoms. The van der Waals surface area contributed by atoms with E-state index in [-0.39, 0.29) is 34.5 Å². The van der Waals surface area contributed by atoms with Gasteiger partial charge in [0.2, 0.25) is 0 Å². The molecule has 1 aliphatic heterocycles. The van der Waals surface area contributed by atoms with Crippen LogP contribution in [0.4, 0.5) is 4.79 Å². The molecule has 3 rings (SSSR count). The number of ether oxygens (including phenoxy) is 1. The van der Waals surface area contributed by atoms with Crippen LogP contribution in [-0.4, -0.2) is 28.4 Å². The summed E-state index contributed by atoms with van der Waals surface area (Å²) in [4.78, 5) is 37.1. The number of aryl methyl sites for hydroxylation is 1. The zero-order chi connectivity index (χ0) is 20.4. The van der Waals surface area contributed by atoms with Crippen LogP contribution >= 0.6 is 23.2 Å². The van der Waals surface area contributed by atoms with Gasteiger partial charge in [0.05, 0.1) is 35.6 Å². The van der Waals surface area contributed by atoms with E-state index < -0.39 is 23.6 Å². The smallest absolute Gasteiger partial charge is 0.338 e. The number of halogens is 2. The molecule has 0 aliphatic carbocycles. The summed E-state index contributed by atoms with van der Waals surface area (Å²) >= 11 is 11.7. The molecule has 11 heteroatoms. The third-order valence-electron chi connectivity index (χ3n) is 3.94. The first-order valence-electron chi connectivity index (χ1n) is 8.27. The van der Waals surface area contributed by atoms with Gasteiger partial charge in [-0.05, 0) is 26.0 Å². The second-order valence-electron chi connectivity index (χ2n) is 5.86. The Labute approximate surface area is 169 Å². The molecule has 1 atom stereocenters. The molecular weight excluding hydrogens is 411 g/mol. The summed E-state index contributed by atoms with van der Waals surface area (Å²) in [5, 5.41) is 8.85. The number of esters is 1. The first kappa shape index (κ1) is 20.0. The second kappa shape index (κ2) is 8.07. The summed E-state index contributed by atoms with van der Waals surface area (Å²) in [7, 11) is 0. The maximum absolute atomic E-state index is 12.6. The quantitative estimate of drug-likeness (QED) is 0.708. The number of hydrogen-bond donors (Lipinski definition) is 2. The fraction of sp³-hybridized carbons (Fsp3) is 0.294. The molecule has 2 amide bonds. The fourth-order valence-electron chi connectivity index (χ4n) is 2.72. The maximum Gasteiger partial charge on any atom is 0.338 e. The summed E-state index contributed by atoms with van der Waals surface area (Å²) in [6.45, 7) is 3.29. The Balaban J connectivity index is 2.11. The highest BCUT2D eigenvalue weighted by atomic mass is 35.5. The van der Waals surface area contributed by atoms with Gasteiger partial charge in [0, 0.05) is 0 Å². The SMILES string of the molecule is CCOC(=O)C1=C(Cn2ncc(Cl)c(Cl)c2=O)NC(=O)N[C@@H]1c1ccc(C)o1. The van der Waals surface area contributed by atoms with E-state index >= 15 is 0 Å². The first-order chi connectivity index (χ1) is 13.3. The lowest BCUT2D eigenvalue weighted by atomic mass is 10.00. The molecule has 2 aromatic rings.